The molecule has 38 heavy (non-hydrogen) atoms. The maximum absolute atomic E-state index is 13.8. The van der Waals surface area contributed by atoms with E-state index in [9.17, 15) is 17.6 Å². The van der Waals surface area contributed by atoms with Crippen LogP contribution in [0.2, 0.25) is 5.02 Å². The van der Waals surface area contributed by atoms with Gasteiger partial charge >= 0.3 is 0 Å². The quantitative estimate of drug-likeness (QED) is 0.319. The Bertz CT molecular complexity index is 1360. The molecule has 12 heteroatoms. The minimum atomic E-state index is -3.74. The van der Waals surface area contributed by atoms with Gasteiger partial charge in [0.1, 0.15) is 5.82 Å². The van der Waals surface area contributed by atoms with Gasteiger partial charge in [-0.25, -0.2) is 17.8 Å². The van der Waals surface area contributed by atoms with Crippen molar-refractivity contribution in [2.75, 3.05) is 44.2 Å². The van der Waals surface area contributed by atoms with E-state index in [1.165, 1.54) is 27.8 Å². The molecule has 2 heterocycles. The predicted molar refractivity (Wildman–Crippen MR) is 155 cm³/mol. The van der Waals surface area contributed by atoms with Gasteiger partial charge in [-0.05, 0) is 74.8 Å². The highest BCUT2D eigenvalue weighted by atomic mass is 35.5. The van der Waals surface area contributed by atoms with Crippen LogP contribution in [0, 0.1) is 18.7 Å². The van der Waals surface area contributed by atoms with Gasteiger partial charge in [-0.3, -0.25) is 9.69 Å². The van der Waals surface area contributed by atoms with Crippen molar-refractivity contribution in [1.82, 2.24) is 14.2 Å². The molecule has 0 radical (unpaired) electrons. The maximum atomic E-state index is 13.8. The lowest BCUT2D eigenvalue weighted by Crippen LogP contribution is -2.46. The van der Waals surface area contributed by atoms with Gasteiger partial charge in [0.2, 0.25) is 15.9 Å². The minimum Gasteiger partial charge on any atom is -0.302 e. The van der Waals surface area contributed by atoms with Gasteiger partial charge < -0.3 is 4.90 Å². The number of aryl methyl sites for hydroxylation is 1. The molecule has 1 aliphatic heterocycles. The zero-order chi connectivity index (χ0) is 26.7. The highest BCUT2D eigenvalue weighted by molar-refractivity contribution is 7.89. The molecule has 2 aromatic carbocycles. The molecule has 0 N–H and O–H groups in total. The second-order valence-electron chi connectivity index (χ2n) is 9.16. The van der Waals surface area contributed by atoms with E-state index < -0.39 is 15.8 Å². The largest absolute Gasteiger partial charge is 0.302 e. The number of hydrogen-bond donors (Lipinski definition) is 0. The summed E-state index contributed by atoms with van der Waals surface area (Å²) in [7, 11) is -3.74. The minimum absolute atomic E-state index is 0. The highest BCUT2D eigenvalue weighted by Gasteiger charge is 2.35. The Balaban J connectivity index is 0.00000400. The first kappa shape index (κ1) is 30.7. The predicted octanol–water partition coefficient (Wildman–Crippen LogP) is 5.59. The molecule has 0 aliphatic carbocycles. The summed E-state index contributed by atoms with van der Waals surface area (Å²) >= 11 is 7.78. The van der Waals surface area contributed by atoms with Gasteiger partial charge in [0.25, 0.3) is 0 Å². The molecule has 0 atom stereocenters. The monoisotopic (exact) mass is 602 g/mol. The third-order valence-electron chi connectivity index (χ3n) is 7.02. The Hall–Kier alpha value is -1.82. The van der Waals surface area contributed by atoms with Crippen LogP contribution in [0.5, 0.6) is 0 Å². The fourth-order valence-electron chi connectivity index (χ4n) is 4.60. The number of piperidine rings is 1. The van der Waals surface area contributed by atoms with E-state index >= 15 is 0 Å². The Morgan fingerprint density at radius 1 is 1.11 bits per heavy atom. The lowest BCUT2D eigenvalue weighted by Gasteiger charge is -2.33. The number of thiazole rings is 1. The average molecular weight is 604 g/mol. The van der Waals surface area contributed by atoms with Gasteiger partial charge in [0.15, 0.2) is 5.13 Å². The fourth-order valence-corrected chi connectivity index (χ4v) is 7.28. The second-order valence-corrected chi connectivity index (χ2v) is 12.5. The van der Waals surface area contributed by atoms with Crippen molar-refractivity contribution in [3.05, 3.63) is 52.8 Å². The highest BCUT2D eigenvalue weighted by Crippen LogP contribution is 2.35. The molecule has 1 fully saturated rings. The van der Waals surface area contributed by atoms with Gasteiger partial charge in [-0.15, -0.1) is 12.4 Å². The summed E-state index contributed by atoms with van der Waals surface area (Å²) in [5.41, 5.74) is 1.69. The smallest absolute Gasteiger partial charge is 0.243 e. The first-order valence-electron chi connectivity index (χ1n) is 12.5. The summed E-state index contributed by atoms with van der Waals surface area (Å²) in [6.45, 7) is 9.55. The van der Waals surface area contributed by atoms with Crippen LogP contribution in [0.15, 0.2) is 41.3 Å². The second kappa shape index (κ2) is 13.0. The van der Waals surface area contributed by atoms with E-state index in [1.807, 2.05) is 19.1 Å². The normalized spacial score (nSPS) is 15.1. The van der Waals surface area contributed by atoms with Crippen LogP contribution in [-0.4, -0.2) is 67.8 Å². The molecule has 4 rings (SSSR count). The summed E-state index contributed by atoms with van der Waals surface area (Å²) in [6, 6.07) is 8.61. The number of hydrogen-bond acceptors (Lipinski definition) is 6. The lowest BCUT2D eigenvalue weighted by atomic mass is 9.96. The van der Waals surface area contributed by atoms with Crippen molar-refractivity contribution in [3.8, 4) is 0 Å². The molecule has 0 saturated carbocycles. The van der Waals surface area contributed by atoms with Crippen molar-refractivity contribution in [2.45, 2.75) is 38.5 Å². The molecule has 0 bridgehead atoms. The van der Waals surface area contributed by atoms with Crippen LogP contribution in [0.3, 0.4) is 0 Å². The zero-order valence-corrected chi connectivity index (χ0v) is 24.9. The number of halogens is 3. The number of amides is 1. The summed E-state index contributed by atoms with van der Waals surface area (Å²) < 4.78 is 41.7. The molecule has 7 nitrogen and oxygen atoms in total. The average Bonchev–Trinajstić information content (AvgIpc) is 3.33. The number of aromatic nitrogens is 1. The number of carbonyl (C=O) groups excluding carboxylic acids is 1. The zero-order valence-electron chi connectivity index (χ0n) is 21.7. The van der Waals surface area contributed by atoms with E-state index in [2.05, 4.69) is 18.7 Å². The van der Waals surface area contributed by atoms with Crippen LogP contribution >= 0.6 is 35.3 Å². The first-order chi connectivity index (χ1) is 17.6. The van der Waals surface area contributed by atoms with Gasteiger partial charge in [0.05, 0.1) is 15.1 Å². The summed E-state index contributed by atoms with van der Waals surface area (Å²) in [5, 5.41) is 1.28. The Morgan fingerprint density at radius 3 is 2.34 bits per heavy atom. The number of sulfonamides is 1. The molecule has 1 amide bonds. The van der Waals surface area contributed by atoms with Crippen molar-refractivity contribution >= 4 is 66.6 Å². The standard InChI is InChI=1S/C26H32ClFN4O3S2.ClH/c1-4-30(5-2)16-17-32(26-29-24-18(3)22(27)10-11-23(24)36-26)25(33)19-12-14-31(15-13-19)37(34,35)21-8-6-20(28)7-9-21;/h6-11,19H,4-5,12-17H2,1-3H3;1H. The molecule has 1 aliphatic rings. The van der Waals surface area contributed by atoms with E-state index in [0.29, 0.717) is 36.1 Å². The van der Waals surface area contributed by atoms with E-state index in [0.717, 1.165) is 41.0 Å². The molecular formula is C26H33Cl2FN4O3S2. The Kier molecular flexibility index (Phi) is 10.5. The Morgan fingerprint density at radius 2 is 1.74 bits per heavy atom. The molecule has 3 aromatic rings. The van der Waals surface area contributed by atoms with E-state index in [-0.39, 0.29) is 42.2 Å². The van der Waals surface area contributed by atoms with Crippen LogP contribution in [0.25, 0.3) is 10.2 Å². The SMILES string of the molecule is CCN(CC)CCN(C(=O)C1CCN(S(=O)(=O)c2ccc(F)cc2)CC1)c1nc2c(C)c(Cl)ccc2s1.Cl. The van der Waals surface area contributed by atoms with Crippen LogP contribution in [-0.2, 0) is 14.8 Å². The number of carbonyl (C=O) groups is 1. The number of rotatable bonds is 9. The lowest BCUT2D eigenvalue weighted by molar-refractivity contribution is -0.123. The van der Waals surface area contributed by atoms with Gasteiger partial charge in [-0.2, -0.15) is 4.31 Å². The third kappa shape index (κ3) is 6.48. The van der Waals surface area contributed by atoms with Crippen molar-refractivity contribution in [2.24, 2.45) is 5.92 Å². The number of benzene rings is 2. The van der Waals surface area contributed by atoms with Crippen LogP contribution < -0.4 is 4.90 Å². The van der Waals surface area contributed by atoms with Crippen LogP contribution in [0.1, 0.15) is 32.3 Å². The summed E-state index contributed by atoms with van der Waals surface area (Å²) in [6.07, 6.45) is 0.827. The van der Waals surface area contributed by atoms with Gasteiger partial charge in [-0.1, -0.05) is 36.8 Å². The molecule has 208 valence electrons. The van der Waals surface area contributed by atoms with Gasteiger partial charge in [0, 0.05) is 37.1 Å². The molecule has 0 unspecified atom stereocenters. The first-order valence-corrected chi connectivity index (χ1v) is 15.1. The third-order valence-corrected chi connectivity index (χ3v) is 10.4. The molecule has 0 spiro atoms. The number of likely N-dealkylation sites (N-methyl/N-ethyl adjacent to an activating group) is 1. The molecule has 1 saturated heterocycles. The molecule has 1 aromatic heterocycles. The van der Waals surface area contributed by atoms with E-state index in [1.54, 1.807) is 4.90 Å². The van der Waals surface area contributed by atoms with Crippen molar-refractivity contribution < 1.29 is 17.6 Å². The maximum Gasteiger partial charge on any atom is 0.243 e. The topological polar surface area (TPSA) is 73.8 Å². The van der Waals surface area contributed by atoms with Crippen molar-refractivity contribution in [3.63, 3.8) is 0 Å². The van der Waals surface area contributed by atoms with Crippen molar-refractivity contribution in [1.29, 1.82) is 0 Å². The fraction of sp³-hybridized carbons (Fsp3) is 0.462. The molecular weight excluding hydrogens is 570 g/mol. The summed E-state index contributed by atoms with van der Waals surface area (Å²) in [4.78, 5) is 22.7. The number of nitrogens with zero attached hydrogens (tertiary/aromatic N) is 4. The Labute approximate surface area is 239 Å². The number of fused-ring (bicyclic) bond motifs is 1. The number of anilines is 1. The summed E-state index contributed by atoms with van der Waals surface area (Å²) in [5.74, 6) is -0.831. The van der Waals surface area contributed by atoms with E-state index in [4.69, 9.17) is 16.6 Å². The van der Waals surface area contributed by atoms with Crippen LogP contribution in [0.4, 0.5) is 9.52 Å².